The fraction of sp³-hybridized carbons (Fsp3) is 0.471. The first-order valence-corrected chi connectivity index (χ1v) is 9.51. The van der Waals surface area contributed by atoms with Crippen LogP contribution >= 0.6 is 22.9 Å². The molecule has 0 radical (unpaired) electrons. The molecule has 1 aliphatic rings. The molecule has 6 nitrogen and oxygen atoms in total. The number of hydrogen-bond acceptors (Lipinski definition) is 6. The van der Waals surface area contributed by atoms with E-state index in [4.69, 9.17) is 16.3 Å². The normalized spacial score (nSPS) is 16.1. The van der Waals surface area contributed by atoms with Crippen LogP contribution in [0, 0.1) is 5.92 Å². The van der Waals surface area contributed by atoms with Crippen LogP contribution < -0.4 is 10.2 Å². The van der Waals surface area contributed by atoms with Crippen LogP contribution in [0.25, 0.3) is 0 Å². The molecule has 25 heavy (non-hydrogen) atoms. The summed E-state index contributed by atoms with van der Waals surface area (Å²) >= 11 is 7.82. The summed E-state index contributed by atoms with van der Waals surface area (Å²) in [5, 5.41) is 5.32. The molecule has 1 N–H and O–H groups in total. The second-order valence-corrected chi connectivity index (χ2v) is 7.56. The van der Waals surface area contributed by atoms with Gasteiger partial charge in [0.1, 0.15) is 0 Å². The molecule has 1 atom stereocenters. The van der Waals surface area contributed by atoms with Crippen molar-refractivity contribution in [1.29, 1.82) is 0 Å². The van der Waals surface area contributed by atoms with Crippen molar-refractivity contribution in [2.75, 3.05) is 31.2 Å². The van der Waals surface area contributed by atoms with Crippen LogP contribution in [0.3, 0.4) is 0 Å². The number of nitrogens with one attached hydrogen (secondary N) is 1. The lowest BCUT2D eigenvalue weighted by Crippen LogP contribution is -2.38. The molecule has 8 heteroatoms. The standard InChI is InChI=1S/C17H21ClN4O2S/c1-11(2)14(13-4-3-9-25-13)20-16(23)15-12(18)10-19-17(21-15)22-5-7-24-8-6-22/h3-4,9-11,14H,5-8H2,1-2H3,(H,20,23)/t14-/m0/s1. The molecular formula is C17H21ClN4O2S. The maximum Gasteiger partial charge on any atom is 0.272 e. The second kappa shape index (κ2) is 8.12. The second-order valence-electron chi connectivity index (χ2n) is 6.18. The summed E-state index contributed by atoms with van der Waals surface area (Å²) < 4.78 is 5.34. The molecule has 1 amide bonds. The van der Waals surface area contributed by atoms with Crippen molar-refractivity contribution in [3.8, 4) is 0 Å². The summed E-state index contributed by atoms with van der Waals surface area (Å²) in [6.45, 7) is 6.80. The number of nitrogens with zero attached hydrogens (tertiary/aromatic N) is 3. The third kappa shape index (κ3) is 4.29. The van der Waals surface area contributed by atoms with Crippen LogP contribution in [0.5, 0.6) is 0 Å². The Kier molecular flexibility index (Phi) is 5.88. The number of amides is 1. The maximum absolute atomic E-state index is 12.8. The lowest BCUT2D eigenvalue weighted by atomic mass is 10.0. The van der Waals surface area contributed by atoms with Crippen molar-refractivity contribution in [3.05, 3.63) is 39.3 Å². The molecule has 0 bridgehead atoms. The third-order valence-electron chi connectivity index (χ3n) is 4.04. The van der Waals surface area contributed by atoms with E-state index < -0.39 is 0 Å². The molecule has 0 saturated carbocycles. The van der Waals surface area contributed by atoms with Gasteiger partial charge in [0.15, 0.2) is 5.69 Å². The number of halogens is 1. The SMILES string of the molecule is CC(C)[C@H](NC(=O)c1nc(N2CCOCC2)ncc1Cl)c1cccs1. The minimum absolute atomic E-state index is 0.0784. The zero-order chi connectivity index (χ0) is 17.8. The predicted octanol–water partition coefficient (Wildman–Crippen LogP) is 3.16. The Labute approximate surface area is 156 Å². The molecule has 134 valence electrons. The van der Waals surface area contributed by atoms with Crippen molar-refractivity contribution in [2.45, 2.75) is 19.9 Å². The topological polar surface area (TPSA) is 67.4 Å². The number of rotatable bonds is 5. The quantitative estimate of drug-likeness (QED) is 0.863. The van der Waals surface area contributed by atoms with E-state index in [1.165, 1.54) is 6.20 Å². The van der Waals surface area contributed by atoms with Crippen LogP contribution in [0.15, 0.2) is 23.7 Å². The van der Waals surface area contributed by atoms with Crippen LogP contribution in [-0.4, -0.2) is 42.2 Å². The Morgan fingerprint density at radius 3 is 2.80 bits per heavy atom. The van der Waals surface area contributed by atoms with E-state index in [0.29, 0.717) is 32.3 Å². The van der Waals surface area contributed by atoms with E-state index in [1.807, 2.05) is 22.4 Å². The molecule has 1 fully saturated rings. The molecule has 0 spiro atoms. The van der Waals surface area contributed by atoms with Gasteiger partial charge in [0.05, 0.1) is 30.5 Å². The minimum Gasteiger partial charge on any atom is -0.378 e. The van der Waals surface area contributed by atoms with Gasteiger partial charge in [-0.2, -0.15) is 0 Å². The van der Waals surface area contributed by atoms with E-state index in [-0.39, 0.29) is 28.6 Å². The Balaban J connectivity index is 1.81. The molecule has 3 rings (SSSR count). The predicted molar refractivity (Wildman–Crippen MR) is 99.4 cm³/mol. The summed E-state index contributed by atoms with van der Waals surface area (Å²) in [6.07, 6.45) is 1.49. The number of carbonyl (C=O) groups excluding carboxylic acids is 1. The lowest BCUT2D eigenvalue weighted by Gasteiger charge is -2.27. The monoisotopic (exact) mass is 380 g/mol. The van der Waals surface area contributed by atoms with Crippen molar-refractivity contribution < 1.29 is 9.53 Å². The summed E-state index contributed by atoms with van der Waals surface area (Å²) in [5.74, 6) is 0.478. The molecule has 0 aromatic carbocycles. The first-order chi connectivity index (χ1) is 12.1. The van der Waals surface area contributed by atoms with Crippen molar-refractivity contribution in [2.24, 2.45) is 5.92 Å². The number of aromatic nitrogens is 2. The van der Waals surface area contributed by atoms with Gasteiger partial charge in [-0.15, -0.1) is 11.3 Å². The van der Waals surface area contributed by atoms with Gasteiger partial charge in [-0.3, -0.25) is 4.79 Å². The highest BCUT2D eigenvalue weighted by atomic mass is 35.5. The van der Waals surface area contributed by atoms with Gasteiger partial charge >= 0.3 is 0 Å². The van der Waals surface area contributed by atoms with Crippen molar-refractivity contribution in [3.63, 3.8) is 0 Å². The number of anilines is 1. The van der Waals surface area contributed by atoms with Crippen molar-refractivity contribution in [1.82, 2.24) is 15.3 Å². The van der Waals surface area contributed by atoms with Crippen LogP contribution in [-0.2, 0) is 4.74 Å². The smallest absolute Gasteiger partial charge is 0.272 e. The molecule has 1 saturated heterocycles. The van der Waals surface area contributed by atoms with Crippen LogP contribution in [0.4, 0.5) is 5.95 Å². The van der Waals surface area contributed by atoms with E-state index >= 15 is 0 Å². The van der Waals surface area contributed by atoms with E-state index in [9.17, 15) is 4.79 Å². The van der Waals surface area contributed by atoms with Crippen LogP contribution in [0.2, 0.25) is 5.02 Å². The zero-order valence-corrected chi connectivity index (χ0v) is 15.8. The van der Waals surface area contributed by atoms with E-state index in [1.54, 1.807) is 11.3 Å². The number of ether oxygens (including phenoxy) is 1. The number of morpholine rings is 1. The number of thiophene rings is 1. The molecule has 1 aliphatic heterocycles. The molecule has 2 aromatic heterocycles. The lowest BCUT2D eigenvalue weighted by molar-refractivity contribution is 0.0921. The van der Waals surface area contributed by atoms with E-state index in [0.717, 1.165) is 4.88 Å². The first kappa shape index (κ1) is 18.1. The summed E-state index contributed by atoms with van der Waals surface area (Å²) in [7, 11) is 0. The Morgan fingerprint density at radius 1 is 1.40 bits per heavy atom. The van der Waals surface area contributed by atoms with Gasteiger partial charge in [0, 0.05) is 18.0 Å². The molecule has 2 aromatic rings. The van der Waals surface area contributed by atoms with Crippen molar-refractivity contribution >= 4 is 34.8 Å². The Morgan fingerprint density at radius 2 is 2.16 bits per heavy atom. The maximum atomic E-state index is 12.8. The van der Waals surface area contributed by atoms with Gasteiger partial charge < -0.3 is 15.0 Å². The highest BCUT2D eigenvalue weighted by Crippen LogP contribution is 2.27. The number of hydrogen-bond donors (Lipinski definition) is 1. The third-order valence-corrected chi connectivity index (χ3v) is 5.28. The average Bonchev–Trinajstić information content (AvgIpc) is 3.14. The highest BCUT2D eigenvalue weighted by molar-refractivity contribution is 7.10. The first-order valence-electron chi connectivity index (χ1n) is 8.25. The molecular weight excluding hydrogens is 360 g/mol. The minimum atomic E-state index is -0.283. The van der Waals surface area contributed by atoms with Crippen LogP contribution in [0.1, 0.15) is 35.3 Å². The summed E-state index contributed by atoms with van der Waals surface area (Å²) in [4.78, 5) is 24.6. The zero-order valence-electron chi connectivity index (χ0n) is 14.2. The van der Waals surface area contributed by atoms with Gasteiger partial charge in [-0.05, 0) is 17.4 Å². The van der Waals surface area contributed by atoms with Gasteiger partial charge in [-0.1, -0.05) is 31.5 Å². The fourth-order valence-electron chi connectivity index (χ4n) is 2.68. The van der Waals surface area contributed by atoms with Gasteiger partial charge in [0.25, 0.3) is 5.91 Å². The molecule has 0 unspecified atom stereocenters. The fourth-order valence-corrected chi connectivity index (χ4v) is 3.80. The van der Waals surface area contributed by atoms with Gasteiger partial charge in [0.2, 0.25) is 5.95 Å². The average molecular weight is 381 g/mol. The van der Waals surface area contributed by atoms with E-state index in [2.05, 4.69) is 29.1 Å². The Hall–Kier alpha value is -1.70. The molecule has 0 aliphatic carbocycles. The number of carbonyl (C=O) groups is 1. The van der Waals surface area contributed by atoms with Gasteiger partial charge in [-0.25, -0.2) is 9.97 Å². The molecule has 3 heterocycles. The largest absolute Gasteiger partial charge is 0.378 e. The Bertz CT molecular complexity index is 717. The summed E-state index contributed by atoms with van der Waals surface area (Å²) in [6, 6.07) is 3.93. The highest BCUT2D eigenvalue weighted by Gasteiger charge is 2.24. The summed E-state index contributed by atoms with van der Waals surface area (Å²) in [5.41, 5.74) is 0.209.